The molecule has 0 saturated carbocycles. The average Bonchev–Trinajstić information content (AvgIpc) is 2.84. The second kappa shape index (κ2) is 12.7. The quantitative estimate of drug-likeness (QED) is 0.337. The Morgan fingerprint density at radius 2 is 1.83 bits per heavy atom. The topological polar surface area (TPSA) is 91.8 Å². The van der Waals surface area contributed by atoms with Gasteiger partial charge in [-0.05, 0) is 62.6 Å². The van der Waals surface area contributed by atoms with E-state index in [4.69, 9.17) is 16.3 Å². The van der Waals surface area contributed by atoms with E-state index in [1.807, 2.05) is 42.5 Å². The van der Waals surface area contributed by atoms with Crippen LogP contribution in [0.2, 0.25) is 5.02 Å². The molecule has 1 atom stereocenters. The molecule has 0 aliphatic carbocycles. The van der Waals surface area contributed by atoms with E-state index < -0.39 is 11.7 Å². The largest absolute Gasteiger partial charge is 0.447 e. The fourth-order valence-electron chi connectivity index (χ4n) is 3.95. The maximum absolute atomic E-state index is 13.0. The van der Waals surface area contributed by atoms with E-state index in [1.165, 1.54) is 0 Å². The minimum Gasteiger partial charge on any atom is -0.447 e. The smallest absolute Gasteiger partial charge is 0.412 e. The minimum atomic E-state index is -0.808. The molecule has 0 spiro atoms. The van der Waals surface area contributed by atoms with Crippen LogP contribution < -0.4 is 5.32 Å². The highest BCUT2D eigenvalue weighted by Crippen LogP contribution is 2.20. The van der Waals surface area contributed by atoms with Gasteiger partial charge in [0.2, 0.25) is 5.91 Å². The third-order valence-electron chi connectivity index (χ3n) is 6.10. The summed E-state index contributed by atoms with van der Waals surface area (Å²) in [6.07, 6.45) is 3.69. The number of carbonyl (C=O) groups is 2. The SMILES string of the molecule is CN(C(=O)CCc1ccccc1Cl)[C@@H](CCCC(C)(C)O)COC(=O)Nc1cc2ccccc2cn1. The van der Waals surface area contributed by atoms with Gasteiger partial charge in [0.25, 0.3) is 0 Å². The summed E-state index contributed by atoms with van der Waals surface area (Å²) in [4.78, 5) is 31.3. The number of aliphatic hydroxyl groups is 1. The molecule has 0 aliphatic heterocycles. The summed E-state index contributed by atoms with van der Waals surface area (Å²) in [7, 11) is 1.72. The van der Waals surface area contributed by atoms with E-state index in [9.17, 15) is 14.7 Å². The van der Waals surface area contributed by atoms with Gasteiger partial charge in [0.15, 0.2) is 0 Å². The lowest BCUT2D eigenvalue weighted by Crippen LogP contribution is -2.41. The van der Waals surface area contributed by atoms with Gasteiger partial charge in [0, 0.05) is 30.1 Å². The van der Waals surface area contributed by atoms with Crippen molar-refractivity contribution in [3.63, 3.8) is 0 Å². The summed E-state index contributed by atoms with van der Waals surface area (Å²) in [5, 5.41) is 15.3. The first-order valence-electron chi connectivity index (χ1n) is 12.1. The van der Waals surface area contributed by atoms with E-state index in [0.717, 1.165) is 16.3 Å². The molecule has 0 bridgehead atoms. The van der Waals surface area contributed by atoms with Crippen molar-refractivity contribution in [1.82, 2.24) is 9.88 Å². The Bertz CT molecular complexity index is 1180. The normalized spacial score (nSPS) is 12.2. The second-order valence-electron chi connectivity index (χ2n) is 9.59. The van der Waals surface area contributed by atoms with Crippen LogP contribution in [0.15, 0.2) is 60.8 Å². The molecule has 0 fully saturated rings. The molecule has 0 aliphatic rings. The summed E-state index contributed by atoms with van der Waals surface area (Å²) in [6.45, 7) is 3.53. The second-order valence-corrected chi connectivity index (χ2v) is 10.0. The maximum Gasteiger partial charge on any atom is 0.412 e. The number of aryl methyl sites for hydroxylation is 1. The highest BCUT2D eigenvalue weighted by molar-refractivity contribution is 6.31. The number of pyridine rings is 1. The number of nitrogens with one attached hydrogen (secondary N) is 1. The van der Waals surface area contributed by atoms with Gasteiger partial charge in [-0.15, -0.1) is 0 Å². The van der Waals surface area contributed by atoms with Crippen molar-refractivity contribution in [2.45, 2.75) is 57.6 Å². The predicted molar refractivity (Wildman–Crippen MR) is 143 cm³/mol. The number of anilines is 1. The molecular weight excluding hydrogens is 478 g/mol. The zero-order valence-electron chi connectivity index (χ0n) is 21.0. The van der Waals surface area contributed by atoms with Gasteiger partial charge in [-0.3, -0.25) is 10.1 Å². The van der Waals surface area contributed by atoms with Crippen LogP contribution in [0.1, 0.15) is 45.1 Å². The molecule has 0 radical (unpaired) electrons. The van der Waals surface area contributed by atoms with Crippen molar-refractivity contribution in [3.05, 3.63) is 71.4 Å². The zero-order chi connectivity index (χ0) is 26.1. The van der Waals surface area contributed by atoms with Crippen molar-refractivity contribution in [2.24, 2.45) is 0 Å². The van der Waals surface area contributed by atoms with E-state index in [1.54, 1.807) is 44.1 Å². The van der Waals surface area contributed by atoms with Crippen molar-refractivity contribution >= 4 is 40.2 Å². The molecule has 2 amide bonds. The summed E-state index contributed by atoms with van der Waals surface area (Å²) in [5.41, 5.74) is 0.106. The summed E-state index contributed by atoms with van der Waals surface area (Å²) < 4.78 is 5.49. The van der Waals surface area contributed by atoms with E-state index in [0.29, 0.717) is 36.5 Å². The van der Waals surface area contributed by atoms with Crippen LogP contribution in [0, 0.1) is 0 Å². The molecule has 192 valence electrons. The fraction of sp³-hybridized carbons (Fsp3) is 0.393. The number of nitrogens with zero attached hydrogens (tertiary/aromatic N) is 2. The molecule has 0 saturated heterocycles. The van der Waals surface area contributed by atoms with Crippen LogP contribution >= 0.6 is 11.6 Å². The summed E-state index contributed by atoms with van der Waals surface area (Å²) in [6, 6.07) is 16.6. The van der Waals surface area contributed by atoms with Gasteiger partial charge >= 0.3 is 6.09 Å². The number of ether oxygens (including phenoxy) is 1. The number of benzene rings is 2. The number of aromatic nitrogens is 1. The van der Waals surface area contributed by atoms with Crippen LogP contribution in [0.4, 0.5) is 10.6 Å². The maximum atomic E-state index is 13.0. The molecule has 8 heteroatoms. The first-order valence-corrected chi connectivity index (χ1v) is 12.5. The number of amides is 2. The lowest BCUT2D eigenvalue weighted by Gasteiger charge is -2.29. The number of likely N-dealkylation sites (N-methyl/N-ethyl adjacent to an activating group) is 1. The molecule has 2 aromatic carbocycles. The number of halogens is 1. The highest BCUT2D eigenvalue weighted by Gasteiger charge is 2.23. The highest BCUT2D eigenvalue weighted by atomic mass is 35.5. The Morgan fingerprint density at radius 1 is 1.14 bits per heavy atom. The number of hydrogen-bond acceptors (Lipinski definition) is 5. The van der Waals surface area contributed by atoms with Crippen LogP contribution in [-0.4, -0.2) is 52.3 Å². The van der Waals surface area contributed by atoms with Crippen LogP contribution in [0.5, 0.6) is 0 Å². The molecule has 3 aromatic rings. The van der Waals surface area contributed by atoms with Crippen molar-refractivity contribution in [3.8, 4) is 0 Å². The van der Waals surface area contributed by atoms with Gasteiger partial charge in [-0.1, -0.05) is 54.1 Å². The number of rotatable bonds is 11. The monoisotopic (exact) mass is 511 g/mol. The van der Waals surface area contributed by atoms with Crippen molar-refractivity contribution in [1.29, 1.82) is 0 Å². The average molecular weight is 512 g/mol. The van der Waals surface area contributed by atoms with Gasteiger partial charge < -0.3 is 14.7 Å². The zero-order valence-corrected chi connectivity index (χ0v) is 21.8. The fourth-order valence-corrected chi connectivity index (χ4v) is 4.18. The lowest BCUT2D eigenvalue weighted by atomic mass is 9.99. The van der Waals surface area contributed by atoms with Crippen molar-refractivity contribution < 1.29 is 19.4 Å². The number of fused-ring (bicyclic) bond motifs is 1. The Kier molecular flexibility index (Phi) is 9.67. The number of hydrogen-bond donors (Lipinski definition) is 2. The Balaban J connectivity index is 1.59. The molecular formula is C28H34ClN3O4. The van der Waals surface area contributed by atoms with Crippen molar-refractivity contribution in [2.75, 3.05) is 19.0 Å². The Labute approximate surface area is 217 Å². The molecule has 7 nitrogen and oxygen atoms in total. The van der Waals surface area contributed by atoms with E-state index in [-0.39, 0.29) is 25.0 Å². The van der Waals surface area contributed by atoms with Crippen LogP contribution in [0.25, 0.3) is 10.8 Å². The number of carbonyl (C=O) groups excluding carboxylic acids is 2. The van der Waals surface area contributed by atoms with Gasteiger partial charge in [0.1, 0.15) is 12.4 Å². The van der Waals surface area contributed by atoms with Crippen LogP contribution in [-0.2, 0) is 16.0 Å². The third-order valence-corrected chi connectivity index (χ3v) is 6.47. The molecule has 3 rings (SSSR count). The first-order chi connectivity index (χ1) is 17.1. The van der Waals surface area contributed by atoms with Gasteiger partial charge in [-0.2, -0.15) is 0 Å². The Hall–Kier alpha value is -3.16. The van der Waals surface area contributed by atoms with E-state index in [2.05, 4.69) is 10.3 Å². The van der Waals surface area contributed by atoms with Gasteiger partial charge in [0.05, 0.1) is 11.6 Å². The molecule has 2 N–H and O–H groups in total. The predicted octanol–water partition coefficient (Wildman–Crippen LogP) is 5.84. The van der Waals surface area contributed by atoms with E-state index >= 15 is 0 Å². The summed E-state index contributed by atoms with van der Waals surface area (Å²) >= 11 is 6.23. The van der Waals surface area contributed by atoms with Crippen LogP contribution in [0.3, 0.4) is 0 Å². The third kappa shape index (κ3) is 8.50. The molecule has 0 unspecified atom stereocenters. The molecule has 1 aromatic heterocycles. The summed E-state index contributed by atoms with van der Waals surface area (Å²) in [5.74, 6) is 0.324. The molecule has 36 heavy (non-hydrogen) atoms. The lowest BCUT2D eigenvalue weighted by molar-refractivity contribution is -0.133. The van der Waals surface area contributed by atoms with Gasteiger partial charge in [-0.25, -0.2) is 9.78 Å². The molecule has 1 heterocycles. The standard InChI is InChI=1S/C28H34ClN3O4/c1-28(2,35)16-8-12-23(32(3)26(33)15-14-20-9-6-7-13-24(20)29)19-36-27(34)31-25-17-21-10-4-5-11-22(21)18-30-25/h4-7,9-11,13,17-18,23,35H,8,12,14-16,19H2,1-3H3,(H,30,31,34)/t23-/m0/s1. The first kappa shape index (κ1) is 27.4. The minimum absolute atomic E-state index is 0.0274. The Morgan fingerprint density at radius 3 is 2.56 bits per heavy atom.